The molecule has 2 heterocycles. The zero-order valence-corrected chi connectivity index (χ0v) is 10.8. The van der Waals surface area contributed by atoms with Crippen LogP contribution in [0, 0.1) is 0 Å². The Morgan fingerprint density at radius 1 is 1.21 bits per heavy atom. The minimum absolute atomic E-state index is 0.217. The SMILES string of the molecule is O=C(CCN1CCn2ccnc2C1)c1ccccc1. The number of carbonyl (C=O) groups excluding carboxylic acids is 1. The van der Waals surface area contributed by atoms with Gasteiger partial charge in [0.1, 0.15) is 5.82 Å². The average Bonchev–Trinajstić information content (AvgIpc) is 2.93. The summed E-state index contributed by atoms with van der Waals surface area (Å²) in [5.74, 6) is 1.31. The van der Waals surface area contributed by atoms with Crippen molar-refractivity contribution < 1.29 is 4.79 Å². The molecule has 1 aliphatic rings. The Balaban J connectivity index is 1.55. The van der Waals surface area contributed by atoms with E-state index < -0.39 is 0 Å². The summed E-state index contributed by atoms with van der Waals surface area (Å²) >= 11 is 0. The molecule has 4 nitrogen and oxygen atoms in total. The average molecular weight is 255 g/mol. The summed E-state index contributed by atoms with van der Waals surface area (Å²) in [5, 5.41) is 0. The highest BCUT2D eigenvalue weighted by atomic mass is 16.1. The van der Waals surface area contributed by atoms with Gasteiger partial charge in [0.2, 0.25) is 0 Å². The van der Waals surface area contributed by atoms with Crippen molar-refractivity contribution in [2.45, 2.75) is 19.5 Å². The predicted octanol–water partition coefficient (Wildman–Crippen LogP) is 1.97. The smallest absolute Gasteiger partial charge is 0.164 e. The molecule has 0 bridgehead atoms. The Bertz CT molecular complexity index is 562. The molecule has 0 radical (unpaired) electrons. The van der Waals surface area contributed by atoms with Gasteiger partial charge in [0, 0.05) is 44.0 Å². The second-order valence-corrected chi connectivity index (χ2v) is 4.85. The summed E-state index contributed by atoms with van der Waals surface area (Å²) in [6, 6.07) is 9.51. The van der Waals surface area contributed by atoms with Crippen LogP contribution in [0.4, 0.5) is 0 Å². The quantitative estimate of drug-likeness (QED) is 0.784. The molecule has 0 N–H and O–H groups in total. The lowest BCUT2D eigenvalue weighted by atomic mass is 10.1. The molecule has 0 saturated carbocycles. The number of hydrogen-bond acceptors (Lipinski definition) is 3. The highest BCUT2D eigenvalue weighted by molar-refractivity contribution is 5.96. The van der Waals surface area contributed by atoms with Crippen LogP contribution in [-0.4, -0.2) is 33.3 Å². The van der Waals surface area contributed by atoms with Crippen LogP contribution in [-0.2, 0) is 13.1 Å². The number of benzene rings is 1. The largest absolute Gasteiger partial charge is 0.333 e. The minimum Gasteiger partial charge on any atom is -0.333 e. The van der Waals surface area contributed by atoms with Crippen molar-refractivity contribution in [2.75, 3.05) is 13.1 Å². The van der Waals surface area contributed by atoms with Crippen LogP contribution >= 0.6 is 0 Å². The lowest BCUT2D eigenvalue weighted by Crippen LogP contribution is -2.35. The van der Waals surface area contributed by atoms with Crippen LogP contribution in [0.3, 0.4) is 0 Å². The normalized spacial score (nSPS) is 15.2. The maximum absolute atomic E-state index is 12.0. The molecule has 98 valence electrons. The molecule has 2 aromatic rings. The second-order valence-electron chi connectivity index (χ2n) is 4.85. The van der Waals surface area contributed by atoms with Crippen molar-refractivity contribution >= 4 is 5.78 Å². The fraction of sp³-hybridized carbons (Fsp3) is 0.333. The molecule has 1 aromatic carbocycles. The Morgan fingerprint density at radius 3 is 2.89 bits per heavy atom. The van der Waals surface area contributed by atoms with Gasteiger partial charge in [-0.3, -0.25) is 9.69 Å². The summed E-state index contributed by atoms with van der Waals surface area (Å²) in [4.78, 5) is 18.7. The Hall–Kier alpha value is -1.94. The van der Waals surface area contributed by atoms with E-state index in [9.17, 15) is 4.79 Å². The molecule has 0 saturated heterocycles. The van der Waals surface area contributed by atoms with E-state index in [2.05, 4.69) is 14.5 Å². The van der Waals surface area contributed by atoms with Crippen molar-refractivity contribution in [2.24, 2.45) is 0 Å². The van der Waals surface area contributed by atoms with E-state index in [0.29, 0.717) is 6.42 Å². The van der Waals surface area contributed by atoms with Crippen LogP contribution in [0.2, 0.25) is 0 Å². The summed E-state index contributed by atoms with van der Waals surface area (Å²) < 4.78 is 2.18. The van der Waals surface area contributed by atoms with Gasteiger partial charge in [-0.25, -0.2) is 4.98 Å². The topological polar surface area (TPSA) is 38.1 Å². The maximum Gasteiger partial charge on any atom is 0.164 e. The van der Waals surface area contributed by atoms with Gasteiger partial charge in [0.05, 0.1) is 6.54 Å². The monoisotopic (exact) mass is 255 g/mol. The summed E-state index contributed by atoms with van der Waals surface area (Å²) in [7, 11) is 0. The van der Waals surface area contributed by atoms with Gasteiger partial charge in [-0.2, -0.15) is 0 Å². The summed E-state index contributed by atoms with van der Waals surface area (Å²) in [6.45, 7) is 3.61. The standard InChI is InChI=1S/C15H17N3O/c19-14(13-4-2-1-3-5-13)6-8-17-10-11-18-9-7-16-15(18)12-17/h1-5,7,9H,6,8,10-12H2. The van der Waals surface area contributed by atoms with Gasteiger partial charge in [0.25, 0.3) is 0 Å². The van der Waals surface area contributed by atoms with E-state index >= 15 is 0 Å². The highest BCUT2D eigenvalue weighted by Crippen LogP contribution is 2.11. The molecule has 3 rings (SSSR count). The van der Waals surface area contributed by atoms with E-state index in [4.69, 9.17) is 0 Å². The Morgan fingerprint density at radius 2 is 2.05 bits per heavy atom. The zero-order chi connectivity index (χ0) is 13.1. The van der Waals surface area contributed by atoms with Crippen molar-refractivity contribution in [1.29, 1.82) is 0 Å². The van der Waals surface area contributed by atoms with E-state index in [0.717, 1.165) is 37.6 Å². The number of hydrogen-bond donors (Lipinski definition) is 0. The summed E-state index contributed by atoms with van der Waals surface area (Å²) in [5.41, 5.74) is 0.806. The Labute approximate surface area is 112 Å². The van der Waals surface area contributed by atoms with Gasteiger partial charge in [-0.05, 0) is 0 Å². The lowest BCUT2D eigenvalue weighted by Gasteiger charge is -2.27. The molecule has 1 aromatic heterocycles. The number of aromatic nitrogens is 2. The van der Waals surface area contributed by atoms with E-state index in [1.165, 1.54) is 0 Å². The third-order valence-corrected chi connectivity index (χ3v) is 3.57. The van der Waals surface area contributed by atoms with Gasteiger partial charge < -0.3 is 4.57 Å². The van der Waals surface area contributed by atoms with Crippen molar-refractivity contribution in [3.05, 3.63) is 54.1 Å². The number of rotatable bonds is 4. The number of ketones is 1. The van der Waals surface area contributed by atoms with Crippen molar-refractivity contribution in [3.63, 3.8) is 0 Å². The predicted molar refractivity (Wildman–Crippen MR) is 72.9 cm³/mol. The second kappa shape index (κ2) is 5.36. The first-order valence-electron chi connectivity index (χ1n) is 6.63. The van der Waals surface area contributed by atoms with Crippen molar-refractivity contribution in [1.82, 2.24) is 14.5 Å². The van der Waals surface area contributed by atoms with E-state index in [1.54, 1.807) is 0 Å². The van der Waals surface area contributed by atoms with Crippen molar-refractivity contribution in [3.8, 4) is 0 Å². The first kappa shape index (κ1) is 12.1. The zero-order valence-electron chi connectivity index (χ0n) is 10.8. The lowest BCUT2D eigenvalue weighted by molar-refractivity contribution is 0.0955. The molecule has 4 heteroatoms. The number of nitrogens with zero attached hydrogens (tertiary/aromatic N) is 3. The third kappa shape index (κ3) is 2.74. The molecule has 0 fully saturated rings. The van der Waals surface area contributed by atoms with Gasteiger partial charge in [-0.15, -0.1) is 0 Å². The third-order valence-electron chi connectivity index (χ3n) is 3.57. The number of fused-ring (bicyclic) bond motifs is 1. The van der Waals surface area contributed by atoms with E-state index in [1.807, 2.05) is 42.7 Å². The molecule has 0 aliphatic carbocycles. The molecular weight excluding hydrogens is 238 g/mol. The fourth-order valence-corrected chi connectivity index (χ4v) is 2.44. The maximum atomic E-state index is 12.0. The minimum atomic E-state index is 0.217. The van der Waals surface area contributed by atoms with E-state index in [-0.39, 0.29) is 5.78 Å². The number of Topliss-reactive ketones (excluding diaryl/α,β-unsaturated/α-hetero) is 1. The molecule has 0 unspecified atom stereocenters. The molecular formula is C15H17N3O. The summed E-state index contributed by atoms with van der Waals surface area (Å²) in [6.07, 6.45) is 4.43. The first-order chi connectivity index (χ1) is 9.33. The van der Waals surface area contributed by atoms with Crippen LogP contribution in [0.25, 0.3) is 0 Å². The number of carbonyl (C=O) groups is 1. The molecule has 0 atom stereocenters. The van der Waals surface area contributed by atoms with Gasteiger partial charge >= 0.3 is 0 Å². The molecule has 0 amide bonds. The Kier molecular flexibility index (Phi) is 3.42. The highest BCUT2D eigenvalue weighted by Gasteiger charge is 2.17. The first-order valence-corrected chi connectivity index (χ1v) is 6.63. The molecule has 19 heavy (non-hydrogen) atoms. The fourth-order valence-electron chi connectivity index (χ4n) is 2.44. The molecule has 1 aliphatic heterocycles. The van der Waals surface area contributed by atoms with Crippen LogP contribution in [0.5, 0.6) is 0 Å². The van der Waals surface area contributed by atoms with Crippen LogP contribution in [0.15, 0.2) is 42.7 Å². The van der Waals surface area contributed by atoms with Gasteiger partial charge in [-0.1, -0.05) is 30.3 Å². The van der Waals surface area contributed by atoms with Crippen LogP contribution < -0.4 is 0 Å². The molecule has 0 spiro atoms. The van der Waals surface area contributed by atoms with Crippen LogP contribution in [0.1, 0.15) is 22.6 Å². The number of imidazole rings is 1. The van der Waals surface area contributed by atoms with Gasteiger partial charge in [0.15, 0.2) is 5.78 Å².